The van der Waals surface area contributed by atoms with Gasteiger partial charge in [0.1, 0.15) is 29.8 Å². The highest BCUT2D eigenvalue weighted by atomic mass is 19.1. The van der Waals surface area contributed by atoms with Crippen molar-refractivity contribution in [2.45, 2.75) is 37.3 Å². The van der Waals surface area contributed by atoms with Crippen LogP contribution in [0.25, 0.3) is 22.2 Å². The van der Waals surface area contributed by atoms with Crippen molar-refractivity contribution < 1.29 is 27.8 Å². The lowest BCUT2D eigenvalue weighted by molar-refractivity contribution is -0.122. The minimum absolute atomic E-state index is 0.0350. The lowest BCUT2D eigenvalue weighted by Crippen LogP contribution is -2.55. The molecule has 0 saturated carbocycles. The van der Waals surface area contributed by atoms with E-state index in [0.717, 1.165) is 6.07 Å². The first-order chi connectivity index (χ1) is 14.9. The summed E-state index contributed by atoms with van der Waals surface area (Å²) in [5, 5.41) is 16.2. The molecule has 2 unspecified atom stereocenters. The highest BCUT2D eigenvalue weighted by molar-refractivity contribution is 5.92. The number of β-amino-alcohol motifs (C(OH)–C–C–N with tert-alkyl or cyclic N) is 1. The zero-order valence-corrected chi connectivity index (χ0v) is 16.3. The fraction of sp³-hybridized carbons (Fsp3) is 0.318. The van der Waals surface area contributed by atoms with Gasteiger partial charge in [0.15, 0.2) is 0 Å². The van der Waals surface area contributed by atoms with Crippen LogP contribution < -0.4 is 10.6 Å². The Morgan fingerprint density at radius 3 is 2.71 bits per heavy atom. The number of aromatic nitrogens is 1. The third-order valence-corrected chi connectivity index (χ3v) is 5.82. The van der Waals surface area contributed by atoms with E-state index < -0.39 is 29.6 Å². The van der Waals surface area contributed by atoms with Gasteiger partial charge in [-0.05, 0) is 47.9 Å². The van der Waals surface area contributed by atoms with Crippen molar-refractivity contribution in [1.82, 2.24) is 15.6 Å². The Labute approximate surface area is 175 Å². The molecule has 31 heavy (non-hydrogen) atoms. The quantitative estimate of drug-likeness (QED) is 0.467. The molecule has 4 N–H and O–H groups in total. The first kappa shape index (κ1) is 20.0. The molecule has 2 aliphatic rings. The summed E-state index contributed by atoms with van der Waals surface area (Å²) in [4.78, 5) is 15.5. The Balaban J connectivity index is 1.42. The average molecular weight is 431 g/mol. The lowest BCUT2D eigenvalue weighted by Gasteiger charge is -2.26. The molecule has 9 heteroatoms. The number of carbonyl (C=O) groups excluding carboxylic acids is 1. The molecule has 2 aliphatic heterocycles. The maximum absolute atomic E-state index is 14.4. The number of ether oxygens (including phenoxy) is 1. The number of benzene rings is 2. The number of epoxide rings is 1. The van der Waals surface area contributed by atoms with Crippen molar-refractivity contribution in [3.8, 4) is 11.3 Å². The van der Waals surface area contributed by atoms with E-state index in [0.29, 0.717) is 28.8 Å². The number of hydrogen-bond acceptors (Lipinski definition) is 4. The van der Waals surface area contributed by atoms with Crippen molar-refractivity contribution in [3.05, 3.63) is 59.4 Å². The summed E-state index contributed by atoms with van der Waals surface area (Å²) in [6.07, 6.45) is -0.957. The molecule has 0 aliphatic carbocycles. The molecule has 4 atom stereocenters. The van der Waals surface area contributed by atoms with Crippen molar-refractivity contribution in [2.24, 2.45) is 0 Å². The second kappa shape index (κ2) is 7.67. The van der Waals surface area contributed by atoms with E-state index in [1.54, 1.807) is 0 Å². The SMILES string of the molecule is O=C(CCc1c(-c2ccc(F)cc2)[nH]c2c(F)cc(F)cc12)N[C@@H]1C2OC2NC[C@H]1O. The topological polar surface area (TPSA) is 89.7 Å². The molecule has 3 aromatic rings. The predicted octanol–water partition coefficient (Wildman–Crippen LogP) is 2.36. The van der Waals surface area contributed by atoms with Crippen LogP contribution in [0.3, 0.4) is 0 Å². The predicted molar refractivity (Wildman–Crippen MR) is 107 cm³/mol. The van der Waals surface area contributed by atoms with Gasteiger partial charge < -0.3 is 20.1 Å². The van der Waals surface area contributed by atoms with Crippen LogP contribution in [-0.4, -0.2) is 47.0 Å². The van der Waals surface area contributed by atoms with Gasteiger partial charge >= 0.3 is 0 Å². The maximum atomic E-state index is 14.4. The number of piperidine rings is 1. The van der Waals surface area contributed by atoms with Crippen molar-refractivity contribution in [3.63, 3.8) is 0 Å². The minimum atomic E-state index is -0.765. The Morgan fingerprint density at radius 1 is 1.16 bits per heavy atom. The molecule has 5 rings (SSSR count). The van der Waals surface area contributed by atoms with E-state index in [4.69, 9.17) is 4.74 Å². The number of carbonyl (C=O) groups is 1. The standard InChI is InChI=1S/C22H20F3N3O3/c23-11-3-1-10(2-4-11)18-13(14-7-12(24)8-15(25)19(14)28-18)5-6-17(30)27-20-16(29)9-26-22-21(20)31-22/h1-4,7-8,16,20-22,26,28-29H,5-6,9H2,(H,27,30)/t16-,20+,21?,22?/m1/s1. The number of nitrogens with one attached hydrogen (secondary N) is 3. The summed E-state index contributed by atoms with van der Waals surface area (Å²) in [6, 6.07) is 7.12. The van der Waals surface area contributed by atoms with Gasteiger partial charge in [-0.3, -0.25) is 10.1 Å². The van der Waals surface area contributed by atoms with Crippen LogP contribution in [0.15, 0.2) is 36.4 Å². The molecular formula is C22H20F3N3O3. The second-order valence-electron chi connectivity index (χ2n) is 7.89. The van der Waals surface area contributed by atoms with Crippen LogP contribution in [0.1, 0.15) is 12.0 Å². The highest BCUT2D eigenvalue weighted by Crippen LogP contribution is 2.34. The van der Waals surface area contributed by atoms with Gasteiger partial charge in [0.25, 0.3) is 0 Å². The maximum Gasteiger partial charge on any atom is 0.220 e. The number of aliphatic hydroxyl groups excluding tert-OH is 1. The molecule has 2 aromatic carbocycles. The number of H-pyrrole nitrogens is 1. The Bertz CT molecular complexity index is 1150. The summed E-state index contributed by atoms with van der Waals surface area (Å²) < 4.78 is 47.0. The van der Waals surface area contributed by atoms with Crippen LogP contribution in [0, 0.1) is 17.5 Å². The molecule has 2 fully saturated rings. The summed E-state index contributed by atoms with van der Waals surface area (Å²) in [5.41, 5.74) is 1.77. The van der Waals surface area contributed by atoms with Gasteiger partial charge in [-0.1, -0.05) is 0 Å². The van der Waals surface area contributed by atoms with Gasteiger partial charge in [0.05, 0.1) is 17.7 Å². The van der Waals surface area contributed by atoms with Crippen molar-refractivity contribution >= 4 is 16.8 Å². The molecule has 6 nitrogen and oxygen atoms in total. The molecule has 0 radical (unpaired) electrons. The lowest BCUT2D eigenvalue weighted by atomic mass is 9.99. The number of fused-ring (bicyclic) bond motifs is 2. The third kappa shape index (κ3) is 3.80. The Hall–Kier alpha value is -2.88. The number of amides is 1. The number of hydrogen-bond donors (Lipinski definition) is 4. The first-order valence-corrected chi connectivity index (χ1v) is 10.0. The van der Waals surface area contributed by atoms with Crippen molar-refractivity contribution in [2.75, 3.05) is 6.54 Å². The van der Waals surface area contributed by atoms with Gasteiger partial charge in [-0.2, -0.15) is 0 Å². The fourth-order valence-corrected chi connectivity index (χ4v) is 4.22. The largest absolute Gasteiger partial charge is 0.390 e. The molecular weight excluding hydrogens is 411 g/mol. The molecule has 0 spiro atoms. The zero-order valence-electron chi connectivity index (χ0n) is 16.3. The molecule has 0 bridgehead atoms. The zero-order chi connectivity index (χ0) is 21.7. The normalized spacial score (nSPS) is 24.8. The fourth-order valence-electron chi connectivity index (χ4n) is 4.22. The monoisotopic (exact) mass is 431 g/mol. The molecule has 3 heterocycles. The summed E-state index contributed by atoms with van der Waals surface area (Å²) >= 11 is 0. The van der Waals surface area contributed by atoms with Crippen LogP contribution >= 0.6 is 0 Å². The number of aromatic amines is 1. The molecule has 2 saturated heterocycles. The smallest absolute Gasteiger partial charge is 0.220 e. The number of halogens is 3. The van der Waals surface area contributed by atoms with Crippen LogP contribution in [0.2, 0.25) is 0 Å². The first-order valence-electron chi connectivity index (χ1n) is 10.0. The number of rotatable bonds is 5. The Kier molecular flexibility index (Phi) is 4.96. The van der Waals surface area contributed by atoms with Gasteiger partial charge in [-0.25, -0.2) is 13.2 Å². The summed E-state index contributed by atoms with van der Waals surface area (Å²) in [5.74, 6) is -2.20. The van der Waals surface area contributed by atoms with Gasteiger partial charge in [0, 0.05) is 30.1 Å². The second-order valence-corrected chi connectivity index (χ2v) is 7.89. The number of aliphatic hydroxyl groups is 1. The summed E-state index contributed by atoms with van der Waals surface area (Å²) in [6.45, 7) is 0.321. The van der Waals surface area contributed by atoms with E-state index in [9.17, 15) is 23.1 Å². The molecule has 1 amide bonds. The van der Waals surface area contributed by atoms with E-state index in [2.05, 4.69) is 15.6 Å². The Morgan fingerprint density at radius 2 is 1.94 bits per heavy atom. The molecule has 1 aromatic heterocycles. The van der Waals surface area contributed by atoms with E-state index in [1.807, 2.05) is 0 Å². The van der Waals surface area contributed by atoms with Gasteiger partial charge in [-0.15, -0.1) is 0 Å². The van der Waals surface area contributed by atoms with E-state index >= 15 is 0 Å². The minimum Gasteiger partial charge on any atom is -0.390 e. The third-order valence-electron chi connectivity index (χ3n) is 5.82. The average Bonchev–Trinajstić information content (AvgIpc) is 3.43. The number of aryl methyl sites for hydroxylation is 1. The summed E-state index contributed by atoms with van der Waals surface area (Å²) in [7, 11) is 0. The van der Waals surface area contributed by atoms with Crippen LogP contribution in [0.5, 0.6) is 0 Å². The van der Waals surface area contributed by atoms with Crippen molar-refractivity contribution in [1.29, 1.82) is 0 Å². The molecule has 162 valence electrons. The van der Waals surface area contributed by atoms with E-state index in [1.165, 1.54) is 30.3 Å². The van der Waals surface area contributed by atoms with Crippen LogP contribution in [0.4, 0.5) is 13.2 Å². The van der Waals surface area contributed by atoms with Gasteiger partial charge in [0.2, 0.25) is 5.91 Å². The highest BCUT2D eigenvalue weighted by Gasteiger charge is 2.51. The van der Waals surface area contributed by atoms with E-state index in [-0.39, 0.29) is 36.6 Å². The van der Waals surface area contributed by atoms with Crippen LogP contribution in [-0.2, 0) is 16.0 Å².